The van der Waals surface area contributed by atoms with Gasteiger partial charge in [-0.05, 0) is 74.2 Å². The van der Waals surface area contributed by atoms with Crippen LogP contribution in [-0.4, -0.2) is 36.6 Å². The van der Waals surface area contributed by atoms with Crippen molar-refractivity contribution >= 4 is 47.5 Å². The maximum Gasteiger partial charge on any atom is 0.530 e. The van der Waals surface area contributed by atoms with E-state index in [0.717, 1.165) is 8.95 Å². The number of hydrogen-bond acceptors (Lipinski definition) is 10. The van der Waals surface area contributed by atoms with Gasteiger partial charge in [0.2, 0.25) is 0 Å². The number of aromatic hydroxyl groups is 2. The van der Waals surface area contributed by atoms with Crippen molar-refractivity contribution in [3.8, 4) is 23.0 Å². The number of hydrogen-bond donors (Lipinski definition) is 2. The highest BCUT2D eigenvalue weighted by atomic mass is 79.9. The lowest BCUT2D eigenvalue weighted by Crippen LogP contribution is -2.08. The van der Waals surface area contributed by atoms with Crippen LogP contribution in [0.3, 0.4) is 0 Å². The van der Waals surface area contributed by atoms with Gasteiger partial charge in [-0.3, -0.25) is 18.1 Å². The second-order valence-electron chi connectivity index (χ2n) is 11.4. The van der Waals surface area contributed by atoms with Crippen molar-refractivity contribution in [1.82, 2.24) is 0 Å². The van der Waals surface area contributed by atoms with Gasteiger partial charge in [-0.1, -0.05) is 68.3 Å². The molecule has 14 heteroatoms. The number of benzene rings is 4. The van der Waals surface area contributed by atoms with E-state index in [2.05, 4.69) is 31.9 Å². The van der Waals surface area contributed by atoms with Gasteiger partial charge < -0.3 is 19.3 Å². The van der Waals surface area contributed by atoms with Gasteiger partial charge in [0, 0.05) is 56.9 Å². The van der Waals surface area contributed by atoms with Crippen LogP contribution in [0.15, 0.2) is 69.6 Å². The van der Waals surface area contributed by atoms with E-state index in [-0.39, 0.29) is 75.1 Å². The predicted molar refractivity (Wildman–Crippen MR) is 199 cm³/mol. The molecule has 8 bridgehead atoms. The molecule has 4 aromatic rings. The highest BCUT2D eigenvalue weighted by Crippen LogP contribution is 2.54. The lowest BCUT2D eigenvalue weighted by molar-refractivity contribution is 0.165. The fourth-order valence-electron chi connectivity index (χ4n) is 5.90. The van der Waals surface area contributed by atoms with Gasteiger partial charge >= 0.3 is 15.6 Å². The molecule has 0 spiro atoms. The lowest BCUT2D eigenvalue weighted by Gasteiger charge is -2.24. The minimum absolute atomic E-state index is 0.0398. The summed E-state index contributed by atoms with van der Waals surface area (Å²) in [6.07, 6.45) is 0.733. The molecule has 0 aromatic heterocycles. The number of halogens is 2. The number of phosphoric acid groups is 2. The van der Waals surface area contributed by atoms with E-state index >= 15 is 0 Å². The van der Waals surface area contributed by atoms with Gasteiger partial charge in [0.15, 0.2) is 0 Å². The molecule has 0 amide bonds. The summed E-state index contributed by atoms with van der Waals surface area (Å²) in [5.41, 5.74) is 4.70. The molecule has 0 heterocycles. The smallest absolute Gasteiger partial charge is 0.507 e. The number of phenolic OH excluding ortho intramolecular Hbond substituents is 2. The molecule has 5 rings (SSSR count). The first-order valence-corrected chi connectivity index (χ1v) is 20.8. The van der Waals surface area contributed by atoms with Crippen LogP contribution in [0.2, 0.25) is 0 Å². The summed E-state index contributed by atoms with van der Waals surface area (Å²) < 4.78 is 63.4. The molecular weight excluding hydrogens is 814 g/mol. The van der Waals surface area contributed by atoms with E-state index in [4.69, 9.17) is 27.1 Å². The molecule has 0 radical (unpaired) electrons. The molecule has 1 aliphatic rings. The van der Waals surface area contributed by atoms with E-state index < -0.39 is 15.6 Å². The molecule has 1 aliphatic carbocycles. The van der Waals surface area contributed by atoms with Crippen LogP contribution in [-0.2, 0) is 52.9 Å². The van der Waals surface area contributed by atoms with Crippen molar-refractivity contribution in [3.63, 3.8) is 0 Å². The van der Waals surface area contributed by atoms with E-state index in [1.165, 1.54) is 0 Å². The molecule has 10 nitrogen and oxygen atoms in total. The van der Waals surface area contributed by atoms with Crippen molar-refractivity contribution in [3.05, 3.63) is 114 Å². The number of para-hydroxylation sites is 2. The maximum absolute atomic E-state index is 13.8. The maximum atomic E-state index is 13.8. The predicted octanol–water partition coefficient (Wildman–Crippen LogP) is 10.4. The minimum atomic E-state index is -4.05. The van der Waals surface area contributed by atoms with E-state index in [1.807, 2.05) is 36.4 Å². The quantitative estimate of drug-likeness (QED) is 0.117. The SMILES string of the molecule is CCOP(=O)(OCC)Oc1c2cc(Br)cc1Cc1cccc(c1O)Cc1cc(Br)cc(c1OP(=O)(OCC)OCC)Cc1cccc(c1O)C2. The average Bonchev–Trinajstić information content (AvgIpc) is 3.04. The normalized spacial score (nSPS) is 13.2. The van der Waals surface area contributed by atoms with Crippen LogP contribution in [0.25, 0.3) is 0 Å². The molecule has 268 valence electrons. The topological polar surface area (TPSA) is 130 Å². The van der Waals surface area contributed by atoms with Crippen LogP contribution in [0.4, 0.5) is 0 Å². The van der Waals surface area contributed by atoms with E-state index in [9.17, 15) is 19.3 Å². The Hall–Kier alpha value is -2.66. The van der Waals surface area contributed by atoms with Crippen LogP contribution in [0.1, 0.15) is 72.2 Å². The molecule has 2 N–H and O–H groups in total. The average molecular weight is 854 g/mol. The monoisotopic (exact) mass is 852 g/mol. The standard InChI is InChI=1S/C36H40Br2O10P2/c1-5-43-49(41,44-6-2)47-35-27-15-23-11-9-13-25(33(23)39)17-29-21-32(38)22-30(36(29)48-50(42,45-7-3)46-8-4)18-26-14-10-12-24(34(26)40)16-28(35)20-31(37)19-27/h9-14,19-22,39-40H,5-8,15-18H2,1-4H3. The summed E-state index contributed by atoms with van der Waals surface area (Å²) in [5, 5.41) is 23.5. The molecular formula is C36H40Br2O10P2. The second-order valence-corrected chi connectivity index (χ2v) is 16.4. The van der Waals surface area contributed by atoms with Crippen molar-refractivity contribution in [2.75, 3.05) is 26.4 Å². The Kier molecular flexibility index (Phi) is 12.9. The number of phosphoric ester groups is 2. The molecule has 0 aliphatic heterocycles. The van der Waals surface area contributed by atoms with Gasteiger partial charge in [-0.25, -0.2) is 9.13 Å². The van der Waals surface area contributed by atoms with Gasteiger partial charge in [0.05, 0.1) is 26.4 Å². The third-order valence-electron chi connectivity index (χ3n) is 7.90. The Morgan fingerprint density at radius 3 is 1.02 bits per heavy atom. The Morgan fingerprint density at radius 2 is 0.780 bits per heavy atom. The number of rotatable bonds is 12. The first kappa shape index (κ1) is 38.6. The molecule has 0 atom stereocenters. The van der Waals surface area contributed by atoms with Crippen LogP contribution >= 0.6 is 47.5 Å². The molecule has 50 heavy (non-hydrogen) atoms. The third kappa shape index (κ3) is 9.03. The van der Waals surface area contributed by atoms with E-state index in [0.29, 0.717) is 44.5 Å². The number of fused-ring (bicyclic) bond motifs is 8. The highest BCUT2D eigenvalue weighted by Gasteiger charge is 2.33. The zero-order chi connectivity index (χ0) is 36.1. The molecule has 0 saturated carbocycles. The first-order valence-electron chi connectivity index (χ1n) is 16.3. The van der Waals surface area contributed by atoms with Crippen molar-refractivity contribution in [1.29, 1.82) is 0 Å². The van der Waals surface area contributed by atoms with Crippen molar-refractivity contribution in [2.24, 2.45) is 0 Å². The zero-order valence-corrected chi connectivity index (χ0v) is 33.2. The van der Waals surface area contributed by atoms with Crippen LogP contribution < -0.4 is 9.05 Å². The Labute approximate surface area is 309 Å². The van der Waals surface area contributed by atoms with Gasteiger partial charge in [0.1, 0.15) is 23.0 Å². The Balaban J connectivity index is 1.76. The Morgan fingerprint density at radius 1 is 0.520 bits per heavy atom. The molecule has 0 fully saturated rings. The zero-order valence-electron chi connectivity index (χ0n) is 28.2. The van der Waals surface area contributed by atoms with Crippen molar-refractivity contribution < 1.29 is 46.5 Å². The molecule has 4 aromatic carbocycles. The molecule has 0 unspecified atom stereocenters. The summed E-state index contributed by atoms with van der Waals surface area (Å²) >= 11 is 7.25. The van der Waals surface area contributed by atoms with Crippen LogP contribution in [0.5, 0.6) is 23.0 Å². The van der Waals surface area contributed by atoms with Crippen molar-refractivity contribution in [2.45, 2.75) is 53.4 Å². The summed E-state index contributed by atoms with van der Waals surface area (Å²) in [7, 11) is -8.09. The number of phenols is 2. The fourth-order valence-corrected chi connectivity index (χ4v) is 9.55. The summed E-state index contributed by atoms with van der Waals surface area (Å²) in [6.45, 7) is 7.18. The Bertz CT molecular complexity index is 1700. The minimum Gasteiger partial charge on any atom is -0.507 e. The molecule has 0 saturated heterocycles. The van der Waals surface area contributed by atoms with Gasteiger partial charge in [-0.15, -0.1) is 0 Å². The second kappa shape index (κ2) is 16.8. The lowest BCUT2D eigenvalue weighted by atomic mass is 9.91. The summed E-state index contributed by atoms with van der Waals surface area (Å²) in [6, 6.07) is 18.2. The third-order valence-corrected chi connectivity index (χ3v) is 11.9. The van der Waals surface area contributed by atoms with Gasteiger partial charge in [-0.2, -0.15) is 0 Å². The van der Waals surface area contributed by atoms with E-state index in [1.54, 1.807) is 52.0 Å². The first-order chi connectivity index (χ1) is 23.9. The summed E-state index contributed by atoms with van der Waals surface area (Å²) in [5.74, 6) is 0.621. The summed E-state index contributed by atoms with van der Waals surface area (Å²) in [4.78, 5) is 0. The van der Waals surface area contributed by atoms with Gasteiger partial charge in [0.25, 0.3) is 0 Å². The van der Waals surface area contributed by atoms with Crippen LogP contribution in [0, 0.1) is 0 Å². The highest BCUT2D eigenvalue weighted by molar-refractivity contribution is 9.10. The largest absolute Gasteiger partial charge is 0.530 e. The fraction of sp³-hybridized carbons (Fsp3) is 0.333.